The summed E-state index contributed by atoms with van der Waals surface area (Å²) < 4.78 is 16.5. The maximum Gasteiger partial charge on any atom is 0.250 e. The lowest BCUT2D eigenvalue weighted by Gasteiger charge is -2.30. The number of hydrogen-bond acceptors (Lipinski definition) is 3. The average Bonchev–Trinajstić information content (AvgIpc) is 3.11. The van der Waals surface area contributed by atoms with E-state index in [1.54, 1.807) is 12.1 Å². The molecule has 1 aliphatic heterocycles. The Hall–Kier alpha value is -3.38. The zero-order chi connectivity index (χ0) is 21.4. The summed E-state index contributed by atoms with van der Waals surface area (Å²) in [6.07, 6.45) is 2.39. The van der Waals surface area contributed by atoms with Gasteiger partial charge in [-0.1, -0.05) is 30.3 Å². The fourth-order valence-corrected chi connectivity index (χ4v) is 4.54. The number of nitrogens with zero attached hydrogens (tertiary/aromatic N) is 2. The summed E-state index contributed by atoms with van der Waals surface area (Å²) in [6.45, 7) is 5.39. The van der Waals surface area contributed by atoms with E-state index in [1.165, 1.54) is 6.07 Å². The van der Waals surface area contributed by atoms with Crippen molar-refractivity contribution in [1.82, 2.24) is 14.9 Å². The van der Waals surface area contributed by atoms with Crippen LogP contribution in [0.15, 0.2) is 65.6 Å². The molecule has 0 radical (unpaired) electrons. The van der Waals surface area contributed by atoms with Gasteiger partial charge in [-0.25, -0.2) is 4.39 Å². The van der Waals surface area contributed by atoms with Gasteiger partial charge < -0.3 is 19.8 Å². The highest BCUT2D eigenvalue weighted by molar-refractivity contribution is 5.96. The number of anilines is 1. The van der Waals surface area contributed by atoms with Gasteiger partial charge in [0.2, 0.25) is 5.56 Å². The van der Waals surface area contributed by atoms with Gasteiger partial charge in [0, 0.05) is 55.9 Å². The number of hydrogen-bond donors (Lipinski definition) is 2. The zero-order valence-electron chi connectivity index (χ0n) is 17.5. The largest absolute Gasteiger partial charge is 0.367 e. The summed E-state index contributed by atoms with van der Waals surface area (Å²) >= 11 is 0. The molecule has 1 saturated heterocycles. The molecule has 0 saturated carbocycles. The highest BCUT2D eigenvalue weighted by atomic mass is 19.1. The first kappa shape index (κ1) is 19.6. The van der Waals surface area contributed by atoms with Crippen LogP contribution in [0.1, 0.15) is 16.8 Å². The molecule has 6 heteroatoms. The van der Waals surface area contributed by atoms with E-state index in [4.69, 9.17) is 0 Å². The molecule has 1 fully saturated rings. The SMILES string of the molecule is Cc1c(F)cccc1Cc1c(N2CCNCC2)c2c[nH]c(=O)cc2n1-c1ccccc1. The monoisotopic (exact) mass is 416 g/mol. The van der Waals surface area contributed by atoms with Gasteiger partial charge in [-0.05, 0) is 36.2 Å². The van der Waals surface area contributed by atoms with Gasteiger partial charge in [0.05, 0.1) is 16.9 Å². The van der Waals surface area contributed by atoms with Gasteiger partial charge in [-0.2, -0.15) is 0 Å². The molecule has 2 aromatic heterocycles. The molecule has 0 atom stereocenters. The molecule has 158 valence electrons. The number of fused-ring (bicyclic) bond motifs is 1. The molecular weight excluding hydrogens is 391 g/mol. The minimum absolute atomic E-state index is 0.137. The van der Waals surface area contributed by atoms with E-state index >= 15 is 0 Å². The first-order valence-electron chi connectivity index (χ1n) is 10.6. The molecule has 5 nitrogen and oxygen atoms in total. The quantitative estimate of drug-likeness (QED) is 0.533. The van der Waals surface area contributed by atoms with Crippen LogP contribution in [-0.2, 0) is 6.42 Å². The van der Waals surface area contributed by atoms with Crippen LogP contribution in [0.3, 0.4) is 0 Å². The highest BCUT2D eigenvalue weighted by Gasteiger charge is 2.25. The Balaban J connectivity index is 1.81. The Morgan fingerprint density at radius 2 is 1.81 bits per heavy atom. The molecule has 31 heavy (non-hydrogen) atoms. The van der Waals surface area contributed by atoms with Crippen molar-refractivity contribution in [3.8, 4) is 5.69 Å². The van der Waals surface area contributed by atoms with E-state index in [-0.39, 0.29) is 11.4 Å². The Morgan fingerprint density at radius 1 is 1.03 bits per heavy atom. The maximum atomic E-state index is 14.3. The van der Waals surface area contributed by atoms with Crippen molar-refractivity contribution in [3.05, 3.63) is 93.8 Å². The van der Waals surface area contributed by atoms with Crippen molar-refractivity contribution in [3.63, 3.8) is 0 Å². The minimum Gasteiger partial charge on any atom is -0.367 e. The molecule has 1 aliphatic rings. The Bertz CT molecular complexity index is 1290. The molecule has 2 N–H and O–H groups in total. The number of nitrogens with one attached hydrogen (secondary N) is 2. The fraction of sp³-hybridized carbons (Fsp3) is 0.240. The third-order valence-corrected chi connectivity index (χ3v) is 6.13. The molecule has 0 amide bonds. The number of para-hydroxylation sites is 1. The normalized spacial score (nSPS) is 14.3. The molecule has 2 aromatic carbocycles. The smallest absolute Gasteiger partial charge is 0.250 e. The predicted molar refractivity (Wildman–Crippen MR) is 123 cm³/mol. The fourth-order valence-electron chi connectivity index (χ4n) is 4.54. The van der Waals surface area contributed by atoms with Crippen LogP contribution < -0.4 is 15.8 Å². The summed E-state index contributed by atoms with van der Waals surface area (Å²) in [4.78, 5) is 17.5. The number of pyridine rings is 1. The van der Waals surface area contributed by atoms with Crippen molar-refractivity contribution < 1.29 is 4.39 Å². The topological polar surface area (TPSA) is 53.1 Å². The number of aromatic nitrogens is 2. The third kappa shape index (κ3) is 3.53. The van der Waals surface area contributed by atoms with Crippen molar-refractivity contribution in [2.75, 3.05) is 31.1 Å². The van der Waals surface area contributed by atoms with Gasteiger partial charge in [0.1, 0.15) is 5.82 Å². The van der Waals surface area contributed by atoms with Crippen LogP contribution in [-0.4, -0.2) is 35.7 Å². The number of piperazine rings is 1. The molecule has 3 heterocycles. The summed E-state index contributed by atoms with van der Waals surface area (Å²) in [5.41, 5.74) is 5.51. The van der Waals surface area contributed by atoms with Gasteiger partial charge in [-0.15, -0.1) is 0 Å². The summed E-state index contributed by atoms with van der Waals surface area (Å²) in [7, 11) is 0. The van der Waals surface area contributed by atoms with Crippen molar-refractivity contribution in [2.24, 2.45) is 0 Å². The Labute approximate surface area is 180 Å². The van der Waals surface area contributed by atoms with Crippen molar-refractivity contribution in [1.29, 1.82) is 0 Å². The standard InChI is InChI=1S/C25H25FN4O/c1-17-18(6-5-9-21(17)26)14-23-25(29-12-10-27-11-13-29)20-16-28-24(31)15-22(20)30(23)19-7-3-2-4-8-19/h2-9,15-16,27H,10-14H2,1H3,(H,28,31). The molecule has 0 aliphatic carbocycles. The lowest BCUT2D eigenvalue weighted by molar-refractivity contribution is 0.588. The predicted octanol–water partition coefficient (Wildman–Crippen LogP) is 3.77. The maximum absolute atomic E-state index is 14.3. The van der Waals surface area contributed by atoms with Crippen molar-refractivity contribution in [2.45, 2.75) is 13.3 Å². The molecule has 0 unspecified atom stereocenters. The van der Waals surface area contributed by atoms with Gasteiger partial charge in [0.25, 0.3) is 0 Å². The minimum atomic E-state index is -0.196. The second-order valence-corrected chi connectivity index (χ2v) is 8.00. The van der Waals surface area contributed by atoms with Crippen LogP contribution in [0.2, 0.25) is 0 Å². The van der Waals surface area contributed by atoms with Gasteiger partial charge >= 0.3 is 0 Å². The van der Waals surface area contributed by atoms with Crippen LogP contribution in [0.25, 0.3) is 16.6 Å². The number of benzene rings is 2. The van der Waals surface area contributed by atoms with E-state index in [2.05, 4.69) is 19.8 Å². The number of halogens is 1. The van der Waals surface area contributed by atoms with Crippen LogP contribution in [0, 0.1) is 12.7 Å². The lowest BCUT2D eigenvalue weighted by atomic mass is 10.0. The Kier molecular flexibility index (Phi) is 5.08. The third-order valence-electron chi connectivity index (χ3n) is 6.13. The molecule has 0 spiro atoms. The van der Waals surface area contributed by atoms with E-state index in [0.717, 1.165) is 59.7 Å². The van der Waals surface area contributed by atoms with E-state index in [1.807, 2.05) is 49.5 Å². The van der Waals surface area contributed by atoms with Crippen LogP contribution >= 0.6 is 0 Å². The molecule has 5 rings (SSSR count). The first-order chi connectivity index (χ1) is 15.1. The lowest BCUT2D eigenvalue weighted by Crippen LogP contribution is -2.43. The molecular formula is C25H25FN4O. The molecule has 4 aromatic rings. The second-order valence-electron chi connectivity index (χ2n) is 8.00. The zero-order valence-corrected chi connectivity index (χ0v) is 17.5. The summed E-state index contributed by atoms with van der Waals surface area (Å²) in [5.74, 6) is -0.196. The number of rotatable bonds is 4. The van der Waals surface area contributed by atoms with Gasteiger partial charge in [0.15, 0.2) is 0 Å². The second kappa shape index (κ2) is 8.04. The summed E-state index contributed by atoms with van der Waals surface area (Å²) in [5, 5.41) is 4.42. The van der Waals surface area contributed by atoms with Gasteiger partial charge in [-0.3, -0.25) is 4.79 Å². The first-order valence-corrected chi connectivity index (χ1v) is 10.6. The number of aromatic amines is 1. The van der Waals surface area contributed by atoms with E-state index < -0.39 is 0 Å². The van der Waals surface area contributed by atoms with Crippen molar-refractivity contribution >= 4 is 16.6 Å². The van der Waals surface area contributed by atoms with E-state index in [0.29, 0.717) is 12.0 Å². The van der Waals surface area contributed by atoms with Crippen LogP contribution in [0.4, 0.5) is 10.1 Å². The average molecular weight is 417 g/mol. The highest BCUT2D eigenvalue weighted by Crippen LogP contribution is 2.37. The Morgan fingerprint density at radius 3 is 2.58 bits per heavy atom. The number of H-pyrrole nitrogens is 1. The van der Waals surface area contributed by atoms with E-state index in [9.17, 15) is 9.18 Å². The molecule has 0 bridgehead atoms. The van der Waals surface area contributed by atoms with Crippen LogP contribution in [0.5, 0.6) is 0 Å². The summed E-state index contributed by atoms with van der Waals surface area (Å²) in [6, 6.07) is 17.0.